The molecule has 0 unspecified atom stereocenters. The van der Waals surface area contributed by atoms with Crippen molar-refractivity contribution in [2.75, 3.05) is 11.9 Å². The predicted octanol–water partition coefficient (Wildman–Crippen LogP) is 3.37. The second-order valence-corrected chi connectivity index (χ2v) is 7.04. The summed E-state index contributed by atoms with van der Waals surface area (Å²) < 4.78 is 4.75. The summed E-state index contributed by atoms with van der Waals surface area (Å²) in [5.41, 5.74) is 4.84. The molecule has 0 aliphatic carbocycles. The molecule has 158 valence electrons. The molecule has 0 fully saturated rings. The normalized spacial score (nSPS) is 10.1. The lowest BCUT2D eigenvalue weighted by Crippen LogP contribution is -2.43. The van der Waals surface area contributed by atoms with Gasteiger partial charge in [0.15, 0.2) is 6.61 Å². The van der Waals surface area contributed by atoms with Gasteiger partial charge in [0, 0.05) is 12.1 Å². The molecule has 8 nitrogen and oxygen atoms in total. The zero-order valence-corrected chi connectivity index (χ0v) is 17.6. The molecular formula is C19H16Cl3N3O5. The standard InChI is InChI=1S/C19H16Cl3N3O5/c20-13-4-2-1-3-12(13)19(29)25-24-17(27)10-30-18(28)8-7-16(26)23-11-5-6-14(21)15(22)9-11/h1-6,9H,7-8,10H2,(H,23,26)(H,24,27)(H,25,29). The van der Waals surface area contributed by atoms with E-state index in [9.17, 15) is 19.2 Å². The van der Waals surface area contributed by atoms with Crippen molar-refractivity contribution >= 4 is 64.2 Å². The van der Waals surface area contributed by atoms with Gasteiger partial charge in [-0.3, -0.25) is 30.0 Å². The number of nitrogens with one attached hydrogen (secondary N) is 3. The Morgan fingerprint density at radius 1 is 0.800 bits per heavy atom. The number of carbonyl (C=O) groups excluding carboxylic acids is 4. The van der Waals surface area contributed by atoms with E-state index in [0.29, 0.717) is 10.7 Å². The first-order valence-electron chi connectivity index (χ1n) is 8.50. The Kier molecular flexibility index (Phi) is 8.91. The molecule has 0 aliphatic heterocycles. The second-order valence-electron chi connectivity index (χ2n) is 5.82. The predicted molar refractivity (Wildman–Crippen MR) is 112 cm³/mol. The molecular weight excluding hydrogens is 457 g/mol. The lowest BCUT2D eigenvalue weighted by molar-refractivity contribution is -0.149. The molecule has 0 bridgehead atoms. The van der Waals surface area contributed by atoms with Gasteiger partial charge in [-0.05, 0) is 30.3 Å². The molecule has 0 spiro atoms. The van der Waals surface area contributed by atoms with E-state index in [2.05, 4.69) is 16.2 Å². The number of hydrazine groups is 1. The number of anilines is 1. The molecule has 3 N–H and O–H groups in total. The number of esters is 1. The molecule has 2 aromatic carbocycles. The van der Waals surface area contributed by atoms with Crippen LogP contribution in [0.2, 0.25) is 15.1 Å². The summed E-state index contributed by atoms with van der Waals surface area (Å²) in [6, 6.07) is 10.8. The summed E-state index contributed by atoms with van der Waals surface area (Å²) in [7, 11) is 0. The van der Waals surface area contributed by atoms with Gasteiger partial charge >= 0.3 is 5.97 Å². The zero-order valence-electron chi connectivity index (χ0n) is 15.3. The number of rotatable bonds is 7. The van der Waals surface area contributed by atoms with E-state index in [0.717, 1.165) is 0 Å². The molecule has 0 saturated heterocycles. The van der Waals surface area contributed by atoms with Crippen molar-refractivity contribution in [3.63, 3.8) is 0 Å². The number of ether oxygens (including phenoxy) is 1. The van der Waals surface area contributed by atoms with Crippen LogP contribution in [-0.4, -0.2) is 30.3 Å². The van der Waals surface area contributed by atoms with Crippen molar-refractivity contribution in [3.05, 3.63) is 63.1 Å². The van der Waals surface area contributed by atoms with Gasteiger partial charge in [-0.2, -0.15) is 0 Å². The third kappa shape index (κ3) is 7.55. The third-order valence-electron chi connectivity index (χ3n) is 3.56. The molecule has 0 aromatic heterocycles. The van der Waals surface area contributed by atoms with Gasteiger partial charge in [0.05, 0.1) is 27.1 Å². The summed E-state index contributed by atoms with van der Waals surface area (Å²) in [6.45, 7) is -0.629. The zero-order chi connectivity index (χ0) is 22.1. The van der Waals surface area contributed by atoms with Crippen LogP contribution >= 0.6 is 34.8 Å². The first-order valence-corrected chi connectivity index (χ1v) is 9.64. The topological polar surface area (TPSA) is 114 Å². The molecule has 3 amide bonds. The summed E-state index contributed by atoms with van der Waals surface area (Å²) in [5.74, 6) is -2.59. The van der Waals surface area contributed by atoms with Crippen LogP contribution in [0.3, 0.4) is 0 Å². The molecule has 0 heterocycles. The van der Waals surface area contributed by atoms with Crippen molar-refractivity contribution < 1.29 is 23.9 Å². The number of hydrogen-bond donors (Lipinski definition) is 3. The van der Waals surface area contributed by atoms with Crippen LogP contribution in [0.15, 0.2) is 42.5 Å². The van der Waals surface area contributed by atoms with Crippen LogP contribution in [0.1, 0.15) is 23.2 Å². The average Bonchev–Trinajstić information content (AvgIpc) is 2.72. The van der Waals surface area contributed by atoms with Crippen molar-refractivity contribution in [2.24, 2.45) is 0 Å². The van der Waals surface area contributed by atoms with Crippen LogP contribution in [0, 0.1) is 0 Å². The fourth-order valence-electron chi connectivity index (χ4n) is 2.11. The van der Waals surface area contributed by atoms with Crippen LogP contribution in [0.5, 0.6) is 0 Å². The number of halogens is 3. The Morgan fingerprint density at radius 3 is 2.23 bits per heavy atom. The number of benzene rings is 2. The molecule has 0 radical (unpaired) electrons. The SMILES string of the molecule is O=C(COC(=O)CCC(=O)Nc1ccc(Cl)c(Cl)c1)NNC(=O)c1ccccc1Cl. The fourth-order valence-corrected chi connectivity index (χ4v) is 2.63. The van der Waals surface area contributed by atoms with E-state index in [-0.39, 0.29) is 28.5 Å². The maximum atomic E-state index is 11.9. The third-order valence-corrected chi connectivity index (χ3v) is 4.63. The molecule has 30 heavy (non-hydrogen) atoms. The monoisotopic (exact) mass is 471 g/mol. The molecule has 0 atom stereocenters. The van der Waals surface area contributed by atoms with Gasteiger partial charge in [0.2, 0.25) is 5.91 Å². The van der Waals surface area contributed by atoms with E-state index in [1.807, 2.05) is 0 Å². The largest absolute Gasteiger partial charge is 0.455 e. The Morgan fingerprint density at radius 2 is 1.53 bits per heavy atom. The maximum absolute atomic E-state index is 11.9. The van der Waals surface area contributed by atoms with Gasteiger partial charge in [0.1, 0.15) is 0 Å². The Labute approximate surface area is 186 Å². The molecule has 0 aliphatic rings. The quantitative estimate of drug-likeness (QED) is 0.422. The average molecular weight is 473 g/mol. The molecule has 2 aromatic rings. The second kappa shape index (κ2) is 11.4. The minimum atomic E-state index is -0.760. The number of carbonyl (C=O) groups is 4. The highest BCUT2D eigenvalue weighted by atomic mass is 35.5. The van der Waals surface area contributed by atoms with Crippen LogP contribution in [-0.2, 0) is 19.1 Å². The highest BCUT2D eigenvalue weighted by Gasteiger charge is 2.13. The lowest BCUT2D eigenvalue weighted by Gasteiger charge is -2.09. The van der Waals surface area contributed by atoms with Crippen LogP contribution < -0.4 is 16.2 Å². The van der Waals surface area contributed by atoms with Crippen LogP contribution in [0.4, 0.5) is 5.69 Å². The lowest BCUT2D eigenvalue weighted by atomic mass is 10.2. The highest BCUT2D eigenvalue weighted by molar-refractivity contribution is 6.42. The minimum Gasteiger partial charge on any atom is -0.455 e. The first-order chi connectivity index (χ1) is 14.3. The Balaban J connectivity index is 1.66. The van der Waals surface area contributed by atoms with E-state index in [1.54, 1.807) is 18.2 Å². The highest BCUT2D eigenvalue weighted by Crippen LogP contribution is 2.25. The van der Waals surface area contributed by atoms with Crippen molar-refractivity contribution in [2.45, 2.75) is 12.8 Å². The summed E-state index contributed by atoms with van der Waals surface area (Å²) in [5, 5.41) is 3.40. The number of hydrogen-bond acceptors (Lipinski definition) is 5. The van der Waals surface area contributed by atoms with Gasteiger partial charge in [0.25, 0.3) is 11.8 Å². The van der Waals surface area contributed by atoms with E-state index < -0.39 is 30.3 Å². The van der Waals surface area contributed by atoms with Gasteiger partial charge in [-0.15, -0.1) is 0 Å². The molecule has 0 saturated carbocycles. The summed E-state index contributed by atoms with van der Waals surface area (Å²) in [6.07, 6.45) is -0.406. The van der Waals surface area contributed by atoms with Crippen molar-refractivity contribution in [1.82, 2.24) is 10.9 Å². The Bertz CT molecular complexity index is 968. The molecule has 2 rings (SSSR count). The van der Waals surface area contributed by atoms with Gasteiger partial charge in [-0.25, -0.2) is 0 Å². The smallest absolute Gasteiger partial charge is 0.306 e. The van der Waals surface area contributed by atoms with Crippen molar-refractivity contribution in [1.29, 1.82) is 0 Å². The van der Waals surface area contributed by atoms with E-state index in [1.165, 1.54) is 24.3 Å². The van der Waals surface area contributed by atoms with E-state index in [4.69, 9.17) is 39.5 Å². The molecule has 11 heteroatoms. The fraction of sp³-hybridized carbons (Fsp3) is 0.158. The summed E-state index contributed by atoms with van der Waals surface area (Å²) in [4.78, 5) is 47.1. The number of amides is 3. The maximum Gasteiger partial charge on any atom is 0.306 e. The van der Waals surface area contributed by atoms with Gasteiger partial charge in [-0.1, -0.05) is 46.9 Å². The van der Waals surface area contributed by atoms with E-state index >= 15 is 0 Å². The van der Waals surface area contributed by atoms with Gasteiger partial charge < -0.3 is 10.1 Å². The Hall–Kier alpha value is -2.81. The van der Waals surface area contributed by atoms with Crippen LogP contribution in [0.25, 0.3) is 0 Å². The summed E-state index contributed by atoms with van der Waals surface area (Å²) >= 11 is 17.5. The first kappa shape index (κ1) is 23.5. The van der Waals surface area contributed by atoms with Crippen molar-refractivity contribution in [3.8, 4) is 0 Å². The minimum absolute atomic E-state index is 0.163.